The first-order valence-electron chi connectivity index (χ1n) is 11.1. The van der Waals surface area contributed by atoms with E-state index in [9.17, 15) is 10.1 Å². The summed E-state index contributed by atoms with van der Waals surface area (Å²) in [4.78, 5) is 20.8. The lowest BCUT2D eigenvalue weighted by molar-refractivity contribution is -0.384. The Hall–Kier alpha value is -4.98. The molecule has 5 aromatic rings. The first kappa shape index (κ1) is 22.8. The molecule has 8 heteroatoms. The average Bonchev–Trinajstić information content (AvgIpc) is 2.92. The van der Waals surface area contributed by atoms with Crippen LogP contribution in [0.4, 0.5) is 11.4 Å². The molecule has 0 fully saturated rings. The fourth-order valence-electron chi connectivity index (χ4n) is 4.09. The highest BCUT2D eigenvalue weighted by molar-refractivity contribution is 6.00. The number of anilines is 1. The first-order valence-corrected chi connectivity index (χ1v) is 11.1. The lowest BCUT2D eigenvalue weighted by atomic mass is 9.99. The fourth-order valence-corrected chi connectivity index (χ4v) is 4.09. The quantitative estimate of drug-likeness (QED) is 0.177. The van der Waals surface area contributed by atoms with Crippen LogP contribution in [0.2, 0.25) is 0 Å². The molecule has 36 heavy (non-hydrogen) atoms. The van der Waals surface area contributed by atoms with Crippen LogP contribution in [0.25, 0.3) is 44.7 Å². The largest absolute Gasteiger partial charge is 0.497 e. The van der Waals surface area contributed by atoms with Crippen molar-refractivity contribution in [2.24, 2.45) is 0 Å². The number of fused-ring (bicyclic) bond motifs is 1. The van der Waals surface area contributed by atoms with Gasteiger partial charge < -0.3 is 15.2 Å². The second-order valence-corrected chi connectivity index (χ2v) is 8.08. The molecule has 0 amide bonds. The van der Waals surface area contributed by atoms with Crippen molar-refractivity contribution in [3.63, 3.8) is 0 Å². The second-order valence-electron chi connectivity index (χ2n) is 8.08. The minimum absolute atomic E-state index is 0.00403. The summed E-state index contributed by atoms with van der Waals surface area (Å²) in [5.74, 6) is 1.47. The Balaban J connectivity index is 1.77. The SMILES string of the molecule is COc1ccc(-c2nc3ccc(N)c(-c4ccc([N+](=O)[O-])cc4)c3nc2-c2ccc(OC)cc2)cc1. The predicted octanol–water partition coefficient (Wildman–Crippen LogP) is 6.14. The fraction of sp³-hybridized carbons (Fsp3) is 0.0714. The molecule has 0 aliphatic heterocycles. The summed E-state index contributed by atoms with van der Waals surface area (Å²) in [6.07, 6.45) is 0. The van der Waals surface area contributed by atoms with E-state index in [-0.39, 0.29) is 5.69 Å². The van der Waals surface area contributed by atoms with Gasteiger partial charge in [-0.2, -0.15) is 0 Å². The monoisotopic (exact) mass is 478 g/mol. The number of hydrogen-bond acceptors (Lipinski definition) is 7. The maximum atomic E-state index is 11.1. The van der Waals surface area contributed by atoms with Crippen molar-refractivity contribution in [1.82, 2.24) is 9.97 Å². The summed E-state index contributed by atoms with van der Waals surface area (Å²) >= 11 is 0. The van der Waals surface area contributed by atoms with Crippen molar-refractivity contribution in [1.29, 1.82) is 0 Å². The number of non-ortho nitro benzene ring substituents is 1. The Kier molecular flexibility index (Phi) is 5.92. The summed E-state index contributed by atoms with van der Waals surface area (Å²) in [7, 11) is 3.24. The maximum Gasteiger partial charge on any atom is 0.269 e. The number of nitrogen functional groups attached to an aromatic ring is 1. The van der Waals surface area contributed by atoms with Crippen LogP contribution in [0.15, 0.2) is 84.9 Å². The number of hydrogen-bond donors (Lipinski definition) is 1. The third-order valence-corrected chi connectivity index (χ3v) is 5.96. The van der Waals surface area contributed by atoms with E-state index >= 15 is 0 Å². The van der Waals surface area contributed by atoms with Gasteiger partial charge in [0.05, 0.1) is 41.6 Å². The van der Waals surface area contributed by atoms with Crippen LogP contribution < -0.4 is 15.2 Å². The molecule has 8 nitrogen and oxygen atoms in total. The van der Waals surface area contributed by atoms with Gasteiger partial charge in [-0.3, -0.25) is 10.1 Å². The Bertz CT molecular complexity index is 1570. The first-order chi connectivity index (χ1) is 17.5. The number of nitro groups is 1. The highest BCUT2D eigenvalue weighted by Gasteiger charge is 2.18. The van der Waals surface area contributed by atoms with Gasteiger partial charge in [-0.15, -0.1) is 0 Å². The second kappa shape index (κ2) is 9.34. The van der Waals surface area contributed by atoms with Gasteiger partial charge in [-0.1, -0.05) is 0 Å². The molecule has 0 saturated heterocycles. The Morgan fingerprint density at radius 1 is 0.694 bits per heavy atom. The third-order valence-electron chi connectivity index (χ3n) is 5.96. The summed E-state index contributed by atoms with van der Waals surface area (Å²) < 4.78 is 10.6. The van der Waals surface area contributed by atoms with Gasteiger partial charge in [0.15, 0.2) is 0 Å². The molecule has 178 valence electrons. The van der Waals surface area contributed by atoms with Gasteiger partial charge in [-0.05, 0) is 78.4 Å². The number of methoxy groups -OCH3 is 2. The molecule has 0 unspecified atom stereocenters. The summed E-state index contributed by atoms with van der Waals surface area (Å²) in [5, 5.41) is 11.1. The molecule has 0 aliphatic rings. The molecular weight excluding hydrogens is 456 g/mol. The number of rotatable bonds is 6. The number of nitro benzene ring substituents is 1. The smallest absolute Gasteiger partial charge is 0.269 e. The number of ether oxygens (including phenoxy) is 2. The molecule has 0 saturated carbocycles. The summed E-state index contributed by atoms with van der Waals surface area (Å²) in [5.41, 5.74) is 12.7. The molecule has 0 atom stereocenters. The normalized spacial score (nSPS) is 10.8. The van der Waals surface area contributed by atoms with Gasteiger partial charge in [0.25, 0.3) is 5.69 Å². The molecule has 1 aromatic heterocycles. The minimum Gasteiger partial charge on any atom is -0.497 e. The predicted molar refractivity (Wildman–Crippen MR) is 140 cm³/mol. The molecule has 1 heterocycles. The number of nitrogens with two attached hydrogens (primary N) is 1. The molecular formula is C28H22N4O4. The van der Waals surface area contributed by atoms with Crippen molar-refractivity contribution in [3.8, 4) is 45.1 Å². The standard InChI is InChI=1S/C28H22N4O4/c1-35-21-11-5-18(6-12-21)26-27(19-7-13-22(36-2)14-8-19)31-28-24(30-26)16-15-23(29)25(28)17-3-9-20(10-4-17)32(33)34/h3-16H,29H2,1-2H3. The zero-order valence-electron chi connectivity index (χ0n) is 19.6. The Morgan fingerprint density at radius 3 is 1.69 bits per heavy atom. The van der Waals surface area contributed by atoms with Gasteiger partial charge in [0.1, 0.15) is 11.5 Å². The number of benzene rings is 4. The zero-order chi connectivity index (χ0) is 25.2. The Labute approximate surface area is 207 Å². The molecule has 0 bridgehead atoms. The summed E-state index contributed by atoms with van der Waals surface area (Å²) in [6.45, 7) is 0. The highest BCUT2D eigenvalue weighted by Crippen LogP contribution is 2.38. The van der Waals surface area contributed by atoms with E-state index in [1.54, 1.807) is 32.4 Å². The van der Waals surface area contributed by atoms with Crippen LogP contribution in [-0.4, -0.2) is 29.1 Å². The van der Waals surface area contributed by atoms with Crippen LogP contribution in [-0.2, 0) is 0 Å². The maximum absolute atomic E-state index is 11.1. The molecule has 4 aromatic carbocycles. The van der Waals surface area contributed by atoms with Gasteiger partial charge in [0.2, 0.25) is 0 Å². The van der Waals surface area contributed by atoms with Gasteiger partial charge >= 0.3 is 0 Å². The molecule has 5 rings (SSSR count). The zero-order valence-corrected chi connectivity index (χ0v) is 19.6. The molecule has 0 aliphatic carbocycles. The van der Waals surface area contributed by atoms with E-state index in [4.69, 9.17) is 25.2 Å². The van der Waals surface area contributed by atoms with Crippen LogP contribution in [0.1, 0.15) is 0 Å². The minimum atomic E-state index is -0.432. The van der Waals surface area contributed by atoms with Crippen molar-refractivity contribution < 1.29 is 14.4 Å². The van der Waals surface area contributed by atoms with Crippen LogP contribution in [0, 0.1) is 10.1 Å². The van der Waals surface area contributed by atoms with E-state index in [1.165, 1.54) is 12.1 Å². The van der Waals surface area contributed by atoms with E-state index in [0.29, 0.717) is 33.7 Å². The van der Waals surface area contributed by atoms with Crippen molar-refractivity contribution in [2.45, 2.75) is 0 Å². The number of nitrogens with zero attached hydrogens (tertiary/aromatic N) is 3. The topological polar surface area (TPSA) is 113 Å². The summed E-state index contributed by atoms with van der Waals surface area (Å²) in [6, 6.07) is 25.1. The lowest BCUT2D eigenvalue weighted by Crippen LogP contribution is -2.00. The van der Waals surface area contributed by atoms with Crippen LogP contribution >= 0.6 is 0 Å². The molecule has 2 N–H and O–H groups in total. The van der Waals surface area contributed by atoms with E-state index in [2.05, 4.69) is 0 Å². The number of aromatic nitrogens is 2. The molecule has 0 spiro atoms. The van der Waals surface area contributed by atoms with E-state index in [0.717, 1.165) is 28.2 Å². The lowest BCUT2D eigenvalue weighted by Gasteiger charge is -2.15. The van der Waals surface area contributed by atoms with Gasteiger partial charge in [0, 0.05) is 34.5 Å². The van der Waals surface area contributed by atoms with E-state index < -0.39 is 4.92 Å². The Morgan fingerprint density at radius 2 is 1.19 bits per heavy atom. The van der Waals surface area contributed by atoms with Crippen molar-refractivity contribution in [3.05, 3.63) is 95.0 Å². The third kappa shape index (κ3) is 4.16. The molecule has 0 radical (unpaired) electrons. The van der Waals surface area contributed by atoms with Crippen molar-refractivity contribution >= 4 is 22.4 Å². The van der Waals surface area contributed by atoms with Gasteiger partial charge in [-0.25, -0.2) is 9.97 Å². The van der Waals surface area contributed by atoms with Crippen LogP contribution in [0.3, 0.4) is 0 Å². The van der Waals surface area contributed by atoms with E-state index in [1.807, 2.05) is 54.6 Å². The van der Waals surface area contributed by atoms with Crippen LogP contribution in [0.5, 0.6) is 11.5 Å². The van der Waals surface area contributed by atoms with Crippen molar-refractivity contribution in [2.75, 3.05) is 20.0 Å². The highest BCUT2D eigenvalue weighted by atomic mass is 16.6. The average molecular weight is 479 g/mol.